The molecule has 3 atom stereocenters. The van der Waals surface area contributed by atoms with Gasteiger partial charge in [0.1, 0.15) is 11.9 Å². The molecule has 6 heteroatoms. The van der Waals surface area contributed by atoms with Gasteiger partial charge in [-0.05, 0) is 18.6 Å². The van der Waals surface area contributed by atoms with Crippen molar-refractivity contribution in [3.05, 3.63) is 29.8 Å². The molecule has 0 aliphatic carbocycles. The number of aliphatic hydroxyl groups is 3. The number of hydrogen-bond donors (Lipinski definition) is 5. The lowest BCUT2D eigenvalue weighted by atomic mass is 9.99. The van der Waals surface area contributed by atoms with Crippen LogP contribution in [-0.2, 0) is 0 Å². The molecule has 178 valence electrons. The first-order valence-electron chi connectivity index (χ1n) is 12.1. The normalized spacial score (nSPS) is 14.2. The molecule has 0 heterocycles. The Labute approximate surface area is 187 Å². The molecule has 0 aromatic heterocycles. The molecule has 31 heavy (non-hydrogen) atoms. The number of amides is 1. The standard InChI is InChI=1S/C25H43NO5/c1-2-3-4-5-6-7-8-9-10-11-12-13-18-23(29)24(30)21(19-27)26-25(31)20-16-14-15-17-22(20)28/h14-17,21,23-24,27-30H,2-13,18-19H2,1H3,(H,26,31)/t21-,23-,24+/m1/s1. The molecular weight excluding hydrogens is 394 g/mol. The van der Waals surface area contributed by atoms with Crippen LogP contribution < -0.4 is 5.32 Å². The summed E-state index contributed by atoms with van der Waals surface area (Å²) in [7, 11) is 0. The van der Waals surface area contributed by atoms with E-state index in [2.05, 4.69) is 12.2 Å². The molecule has 0 fully saturated rings. The van der Waals surface area contributed by atoms with Gasteiger partial charge in [-0.3, -0.25) is 4.79 Å². The van der Waals surface area contributed by atoms with E-state index in [0.29, 0.717) is 6.42 Å². The number of benzene rings is 1. The second-order valence-electron chi connectivity index (χ2n) is 8.52. The van der Waals surface area contributed by atoms with Crippen molar-refractivity contribution in [3.8, 4) is 5.75 Å². The zero-order valence-electron chi connectivity index (χ0n) is 19.1. The van der Waals surface area contributed by atoms with Crippen LogP contribution in [0.3, 0.4) is 0 Å². The van der Waals surface area contributed by atoms with Gasteiger partial charge in [0.15, 0.2) is 0 Å². The van der Waals surface area contributed by atoms with E-state index in [1.807, 2.05) is 0 Å². The number of aliphatic hydroxyl groups excluding tert-OH is 3. The van der Waals surface area contributed by atoms with E-state index in [4.69, 9.17) is 0 Å². The summed E-state index contributed by atoms with van der Waals surface area (Å²) in [5, 5.41) is 42.4. The van der Waals surface area contributed by atoms with E-state index in [1.165, 1.54) is 69.9 Å². The SMILES string of the molecule is CCCCCCCCCCCCCC[C@@H](O)[C@@H](O)[C@@H](CO)NC(=O)c1ccccc1O. The van der Waals surface area contributed by atoms with Crippen molar-refractivity contribution in [1.29, 1.82) is 0 Å². The minimum atomic E-state index is -1.27. The quantitative estimate of drug-likeness (QED) is 0.220. The van der Waals surface area contributed by atoms with E-state index in [0.717, 1.165) is 19.3 Å². The number of carbonyl (C=O) groups excluding carboxylic acids is 1. The third-order valence-electron chi connectivity index (χ3n) is 5.82. The summed E-state index contributed by atoms with van der Waals surface area (Å²) >= 11 is 0. The van der Waals surface area contributed by atoms with Gasteiger partial charge in [-0.2, -0.15) is 0 Å². The number of unbranched alkanes of at least 4 members (excludes halogenated alkanes) is 11. The summed E-state index contributed by atoms with van der Waals surface area (Å²) in [5.74, 6) is -0.781. The monoisotopic (exact) mass is 437 g/mol. The largest absolute Gasteiger partial charge is 0.507 e. The predicted octanol–water partition coefficient (Wildman–Crippen LogP) is 4.30. The van der Waals surface area contributed by atoms with E-state index >= 15 is 0 Å². The molecule has 5 N–H and O–H groups in total. The fourth-order valence-corrected chi connectivity index (χ4v) is 3.78. The van der Waals surface area contributed by atoms with Crippen LogP contribution in [0.2, 0.25) is 0 Å². The van der Waals surface area contributed by atoms with Crippen LogP contribution in [0, 0.1) is 0 Å². The zero-order valence-corrected chi connectivity index (χ0v) is 19.1. The van der Waals surface area contributed by atoms with Crippen molar-refractivity contribution in [1.82, 2.24) is 5.32 Å². The molecule has 6 nitrogen and oxygen atoms in total. The second-order valence-corrected chi connectivity index (χ2v) is 8.52. The summed E-state index contributed by atoms with van der Waals surface area (Å²) in [6, 6.07) is 5.06. The molecule has 1 rings (SSSR count). The third kappa shape index (κ3) is 11.5. The predicted molar refractivity (Wildman–Crippen MR) is 124 cm³/mol. The first-order chi connectivity index (χ1) is 15.0. The topological polar surface area (TPSA) is 110 Å². The Hall–Kier alpha value is -1.63. The lowest BCUT2D eigenvalue weighted by Gasteiger charge is -2.26. The van der Waals surface area contributed by atoms with Crippen LogP contribution in [0.25, 0.3) is 0 Å². The Morgan fingerprint density at radius 3 is 1.90 bits per heavy atom. The van der Waals surface area contributed by atoms with Crippen molar-refractivity contribution < 1.29 is 25.2 Å². The molecule has 0 radical (unpaired) electrons. The zero-order chi connectivity index (χ0) is 22.9. The van der Waals surface area contributed by atoms with Crippen LogP contribution in [0.5, 0.6) is 5.75 Å². The van der Waals surface area contributed by atoms with Crippen LogP contribution in [0.1, 0.15) is 101 Å². The smallest absolute Gasteiger partial charge is 0.255 e. The van der Waals surface area contributed by atoms with Gasteiger partial charge in [-0.1, -0.05) is 96.1 Å². The number of hydrogen-bond acceptors (Lipinski definition) is 5. The third-order valence-corrected chi connectivity index (χ3v) is 5.82. The highest BCUT2D eigenvalue weighted by atomic mass is 16.3. The van der Waals surface area contributed by atoms with Crippen molar-refractivity contribution in [2.45, 2.75) is 109 Å². The summed E-state index contributed by atoms with van der Waals surface area (Å²) < 4.78 is 0. The van der Waals surface area contributed by atoms with Gasteiger partial charge in [0.25, 0.3) is 5.91 Å². The summed E-state index contributed by atoms with van der Waals surface area (Å²) in [6.45, 7) is 1.73. The molecule has 0 bridgehead atoms. The van der Waals surface area contributed by atoms with Crippen molar-refractivity contribution in [3.63, 3.8) is 0 Å². The average Bonchev–Trinajstić information content (AvgIpc) is 2.77. The van der Waals surface area contributed by atoms with E-state index in [9.17, 15) is 25.2 Å². The Balaban J connectivity index is 2.17. The van der Waals surface area contributed by atoms with Crippen LogP contribution in [0.4, 0.5) is 0 Å². The van der Waals surface area contributed by atoms with Crippen molar-refractivity contribution in [2.24, 2.45) is 0 Å². The van der Waals surface area contributed by atoms with E-state index in [-0.39, 0.29) is 11.3 Å². The van der Waals surface area contributed by atoms with Gasteiger partial charge in [0, 0.05) is 0 Å². The molecule has 0 saturated carbocycles. The van der Waals surface area contributed by atoms with Gasteiger partial charge in [-0.25, -0.2) is 0 Å². The number of carbonyl (C=O) groups is 1. The van der Waals surface area contributed by atoms with Gasteiger partial charge >= 0.3 is 0 Å². The highest BCUT2D eigenvalue weighted by molar-refractivity contribution is 5.96. The molecule has 0 spiro atoms. The molecular formula is C25H43NO5. The summed E-state index contributed by atoms with van der Waals surface area (Å²) in [6.07, 6.45) is 12.8. The highest BCUT2D eigenvalue weighted by Gasteiger charge is 2.27. The number of rotatable bonds is 18. The van der Waals surface area contributed by atoms with Crippen LogP contribution in [-0.4, -0.2) is 51.2 Å². The van der Waals surface area contributed by atoms with Gasteiger partial charge in [0.05, 0.1) is 24.3 Å². The van der Waals surface area contributed by atoms with Gasteiger partial charge in [0.2, 0.25) is 0 Å². The first kappa shape index (κ1) is 27.4. The summed E-state index contributed by atoms with van der Waals surface area (Å²) in [5.41, 5.74) is 0.0589. The number of phenols is 1. The molecule has 0 unspecified atom stereocenters. The van der Waals surface area contributed by atoms with Crippen molar-refractivity contribution >= 4 is 5.91 Å². The Morgan fingerprint density at radius 1 is 0.871 bits per heavy atom. The van der Waals surface area contributed by atoms with Crippen molar-refractivity contribution in [2.75, 3.05) is 6.61 Å². The Morgan fingerprint density at radius 2 is 1.39 bits per heavy atom. The fraction of sp³-hybridized carbons (Fsp3) is 0.720. The number of aromatic hydroxyl groups is 1. The minimum Gasteiger partial charge on any atom is -0.507 e. The second kappa shape index (κ2) is 17.0. The van der Waals surface area contributed by atoms with E-state index in [1.54, 1.807) is 12.1 Å². The first-order valence-corrected chi connectivity index (χ1v) is 12.1. The fourth-order valence-electron chi connectivity index (χ4n) is 3.78. The number of nitrogens with one attached hydrogen (secondary N) is 1. The maximum Gasteiger partial charge on any atom is 0.255 e. The van der Waals surface area contributed by atoms with E-state index < -0.39 is 30.8 Å². The maximum atomic E-state index is 12.3. The lowest BCUT2D eigenvalue weighted by molar-refractivity contribution is -0.0197. The average molecular weight is 438 g/mol. The lowest BCUT2D eigenvalue weighted by Crippen LogP contribution is -2.50. The summed E-state index contributed by atoms with van der Waals surface area (Å²) in [4.78, 5) is 12.3. The highest BCUT2D eigenvalue weighted by Crippen LogP contribution is 2.17. The number of para-hydroxylation sites is 1. The van der Waals surface area contributed by atoms with Crippen LogP contribution >= 0.6 is 0 Å². The number of phenolic OH excluding ortho intramolecular Hbond substituents is 1. The Bertz CT molecular complexity index is 595. The van der Waals surface area contributed by atoms with Gasteiger partial charge < -0.3 is 25.7 Å². The maximum absolute atomic E-state index is 12.3. The Kier molecular flexibility index (Phi) is 15.0. The molecule has 1 aromatic rings. The molecule has 0 aliphatic heterocycles. The minimum absolute atomic E-state index is 0.0589. The van der Waals surface area contributed by atoms with Crippen LogP contribution in [0.15, 0.2) is 24.3 Å². The molecule has 0 aliphatic rings. The molecule has 1 amide bonds. The molecule has 1 aromatic carbocycles. The van der Waals surface area contributed by atoms with Gasteiger partial charge in [-0.15, -0.1) is 0 Å². The molecule has 0 saturated heterocycles.